The van der Waals surface area contributed by atoms with Crippen LogP contribution in [0, 0.1) is 13.8 Å². The van der Waals surface area contributed by atoms with Gasteiger partial charge in [-0.05, 0) is 31.4 Å². The SMILES string of the molecule is Cc1nnc(NC(CO)Cc2ccccc2)c(CN)c1C. The Balaban J connectivity index is 2.17. The maximum absolute atomic E-state index is 9.59. The summed E-state index contributed by atoms with van der Waals surface area (Å²) >= 11 is 0. The lowest BCUT2D eigenvalue weighted by atomic mass is 10.1. The van der Waals surface area contributed by atoms with E-state index in [2.05, 4.69) is 15.5 Å². The molecule has 1 atom stereocenters. The Morgan fingerprint density at radius 3 is 2.52 bits per heavy atom. The first-order valence-corrected chi connectivity index (χ1v) is 7.09. The molecule has 5 nitrogen and oxygen atoms in total. The fraction of sp³-hybridized carbons (Fsp3) is 0.375. The Morgan fingerprint density at radius 1 is 1.19 bits per heavy atom. The van der Waals surface area contributed by atoms with E-state index in [4.69, 9.17) is 5.73 Å². The Bertz CT molecular complexity index is 586. The summed E-state index contributed by atoms with van der Waals surface area (Å²) in [5.41, 5.74) is 9.86. The summed E-state index contributed by atoms with van der Waals surface area (Å²) in [7, 11) is 0. The summed E-state index contributed by atoms with van der Waals surface area (Å²) in [6.45, 7) is 4.32. The van der Waals surface area contributed by atoms with Crippen LogP contribution in [0.5, 0.6) is 0 Å². The van der Waals surface area contributed by atoms with E-state index < -0.39 is 0 Å². The van der Waals surface area contributed by atoms with E-state index in [9.17, 15) is 5.11 Å². The Labute approximate surface area is 125 Å². The van der Waals surface area contributed by atoms with Crippen LogP contribution >= 0.6 is 0 Å². The third-order valence-electron chi connectivity index (χ3n) is 3.67. The monoisotopic (exact) mass is 286 g/mol. The highest BCUT2D eigenvalue weighted by molar-refractivity contribution is 5.49. The summed E-state index contributed by atoms with van der Waals surface area (Å²) in [5.74, 6) is 0.663. The number of nitrogens with one attached hydrogen (secondary N) is 1. The van der Waals surface area contributed by atoms with Crippen LogP contribution in [0.2, 0.25) is 0 Å². The molecule has 112 valence electrons. The number of benzene rings is 1. The molecule has 0 aliphatic carbocycles. The van der Waals surface area contributed by atoms with E-state index in [1.807, 2.05) is 44.2 Å². The van der Waals surface area contributed by atoms with Crippen molar-refractivity contribution in [1.29, 1.82) is 0 Å². The van der Waals surface area contributed by atoms with Gasteiger partial charge in [0.15, 0.2) is 5.82 Å². The van der Waals surface area contributed by atoms with Crippen molar-refractivity contribution in [2.75, 3.05) is 11.9 Å². The lowest BCUT2D eigenvalue weighted by Crippen LogP contribution is -2.28. The van der Waals surface area contributed by atoms with Crippen LogP contribution in [-0.2, 0) is 13.0 Å². The van der Waals surface area contributed by atoms with Crippen molar-refractivity contribution in [2.24, 2.45) is 5.73 Å². The van der Waals surface area contributed by atoms with Gasteiger partial charge in [-0.25, -0.2) is 0 Å². The second-order valence-electron chi connectivity index (χ2n) is 5.16. The predicted molar refractivity (Wildman–Crippen MR) is 84.0 cm³/mol. The van der Waals surface area contributed by atoms with E-state index in [1.165, 1.54) is 0 Å². The average Bonchev–Trinajstić information content (AvgIpc) is 2.51. The van der Waals surface area contributed by atoms with E-state index in [0.29, 0.717) is 12.4 Å². The molecule has 0 fully saturated rings. The van der Waals surface area contributed by atoms with Gasteiger partial charge in [-0.15, -0.1) is 5.10 Å². The molecule has 21 heavy (non-hydrogen) atoms. The van der Waals surface area contributed by atoms with Gasteiger partial charge in [0.2, 0.25) is 0 Å². The zero-order valence-corrected chi connectivity index (χ0v) is 12.5. The van der Waals surface area contributed by atoms with Crippen molar-refractivity contribution >= 4 is 5.82 Å². The minimum Gasteiger partial charge on any atom is -0.394 e. The van der Waals surface area contributed by atoms with Crippen molar-refractivity contribution in [1.82, 2.24) is 10.2 Å². The second kappa shape index (κ2) is 7.15. The molecule has 0 saturated carbocycles. The average molecular weight is 286 g/mol. The molecule has 1 aromatic carbocycles. The molecular formula is C16H22N4O. The van der Waals surface area contributed by atoms with Gasteiger partial charge < -0.3 is 16.2 Å². The van der Waals surface area contributed by atoms with E-state index >= 15 is 0 Å². The van der Waals surface area contributed by atoms with Crippen molar-refractivity contribution < 1.29 is 5.11 Å². The Hall–Kier alpha value is -1.98. The molecule has 2 aromatic rings. The first-order chi connectivity index (χ1) is 10.2. The van der Waals surface area contributed by atoms with E-state index in [0.717, 1.165) is 28.8 Å². The number of hydrogen-bond acceptors (Lipinski definition) is 5. The van der Waals surface area contributed by atoms with Crippen LogP contribution in [0.4, 0.5) is 5.82 Å². The molecule has 1 unspecified atom stereocenters. The zero-order chi connectivity index (χ0) is 15.2. The fourth-order valence-corrected chi connectivity index (χ4v) is 2.28. The number of nitrogens with two attached hydrogens (primary N) is 1. The lowest BCUT2D eigenvalue weighted by Gasteiger charge is -2.19. The number of aliphatic hydroxyl groups is 1. The normalized spacial score (nSPS) is 12.2. The molecule has 0 amide bonds. The van der Waals surface area contributed by atoms with Crippen LogP contribution in [0.1, 0.15) is 22.4 Å². The van der Waals surface area contributed by atoms with Crippen molar-refractivity contribution in [3.8, 4) is 0 Å². The number of nitrogens with zero attached hydrogens (tertiary/aromatic N) is 2. The van der Waals surface area contributed by atoms with Crippen LogP contribution in [0.3, 0.4) is 0 Å². The largest absolute Gasteiger partial charge is 0.394 e. The third-order valence-corrected chi connectivity index (χ3v) is 3.67. The van der Waals surface area contributed by atoms with Crippen LogP contribution in [0.25, 0.3) is 0 Å². The maximum Gasteiger partial charge on any atom is 0.153 e. The van der Waals surface area contributed by atoms with Gasteiger partial charge in [-0.3, -0.25) is 0 Å². The van der Waals surface area contributed by atoms with Gasteiger partial charge >= 0.3 is 0 Å². The van der Waals surface area contributed by atoms with E-state index in [1.54, 1.807) is 0 Å². The summed E-state index contributed by atoms with van der Waals surface area (Å²) < 4.78 is 0. The van der Waals surface area contributed by atoms with Gasteiger partial charge in [0, 0.05) is 12.1 Å². The lowest BCUT2D eigenvalue weighted by molar-refractivity contribution is 0.273. The minimum absolute atomic E-state index is 0.0213. The first kappa shape index (κ1) is 15.4. The Morgan fingerprint density at radius 2 is 1.90 bits per heavy atom. The van der Waals surface area contributed by atoms with Crippen LogP contribution in [0.15, 0.2) is 30.3 Å². The van der Waals surface area contributed by atoms with Crippen LogP contribution in [-0.4, -0.2) is 28.0 Å². The van der Waals surface area contributed by atoms with Crippen molar-refractivity contribution in [3.05, 3.63) is 52.7 Å². The number of hydrogen-bond donors (Lipinski definition) is 3. The number of aromatic nitrogens is 2. The van der Waals surface area contributed by atoms with Crippen LogP contribution < -0.4 is 11.1 Å². The molecule has 0 aliphatic heterocycles. The standard InChI is InChI=1S/C16H22N4O/c1-11-12(2)19-20-16(15(11)9-17)18-14(10-21)8-13-6-4-3-5-7-13/h3-7,14,21H,8-10,17H2,1-2H3,(H,18,20). The molecule has 2 rings (SSSR count). The predicted octanol–water partition coefficient (Wildman–Crippen LogP) is 1.57. The summed E-state index contributed by atoms with van der Waals surface area (Å²) in [6.07, 6.45) is 0.718. The Kier molecular flexibility index (Phi) is 5.25. The van der Waals surface area contributed by atoms with Gasteiger partial charge in [-0.2, -0.15) is 5.10 Å². The molecule has 5 heteroatoms. The number of aliphatic hydroxyl groups excluding tert-OH is 1. The molecule has 0 saturated heterocycles. The molecular weight excluding hydrogens is 264 g/mol. The summed E-state index contributed by atoms with van der Waals surface area (Å²) in [6, 6.07) is 9.93. The van der Waals surface area contributed by atoms with Crippen molar-refractivity contribution in [3.63, 3.8) is 0 Å². The highest BCUT2D eigenvalue weighted by Crippen LogP contribution is 2.19. The molecule has 0 bridgehead atoms. The quantitative estimate of drug-likeness (QED) is 0.750. The second-order valence-corrected chi connectivity index (χ2v) is 5.16. The smallest absolute Gasteiger partial charge is 0.153 e. The van der Waals surface area contributed by atoms with Gasteiger partial charge in [0.25, 0.3) is 0 Å². The van der Waals surface area contributed by atoms with Gasteiger partial charge in [0.05, 0.1) is 18.3 Å². The molecule has 0 aliphatic rings. The molecule has 0 radical (unpaired) electrons. The highest BCUT2D eigenvalue weighted by atomic mass is 16.3. The summed E-state index contributed by atoms with van der Waals surface area (Å²) in [5, 5.41) is 21.2. The number of aryl methyl sites for hydroxylation is 1. The molecule has 1 heterocycles. The topological polar surface area (TPSA) is 84.1 Å². The third kappa shape index (κ3) is 3.77. The van der Waals surface area contributed by atoms with Gasteiger partial charge in [-0.1, -0.05) is 30.3 Å². The minimum atomic E-state index is -0.117. The fourth-order valence-electron chi connectivity index (χ4n) is 2.28. The molecule has 1 aromatic heterocycles. The number of rotatable bonds is 6. The number of anilines is 1. The molecule has 4 N–H and O–H groups in total. The highest BCUT2D eigenvalue weighted by Gasteiger charge is 2.14. The van der Waals surface area contributed by atoms with Gasteiger partial charge in [0.1, 0.15) is 0 Å². The van der Waals surface area contributed by atoms with Crippen molar-refractivity contribution in [2.45, 2.75) is 32.9 Å². The molecule has 0 spiro atoms. The zero-order valence-electron chi connectivity index (χ0n) is 12.5. The maximum atomic E-state index is 9.59. The van der Waals surface area contributed by atoms with E-state index in [-0.39, 0.29) is 12.6 Å². The summed E-state index contributed by atoms with van der Waals surface area (Å²) in [4.78, 5) is 0. The first-order valence-electron chi connectivity index (χ1n) is 7.09.